The van der Waals surface area contributed by atoms with Crippen LogP contribution in [0.4, 0.5) is 5.69 Å². The highest BCUT2D eigenvalue weighted by atomic mass is 16.5. The molecule has 0 aliphatic heterocycles. The van der Waals surface area contributed by atoms with Crippen LogP contribution in [-0.4, -0.2) is 17.0 Å². The molecule has 0 radical (unpaired) electrons. The highest BCUT2D eigenvalue weighted by Crippen LogP contribution is 2.21. The number of benzene rings is 2. The van der Waals surface area contributed by atoms with Gasteiger partial charge in [-0.15, -0.1) is 0 Å². The quantitative estimate of drug-likeness (QED) is 0.767. The summed E-state index contributed by atoms with van der Waals surface area (Å²) < 4.78 is 5.70. The maximum absolute atomic E-state index is 12.1. The van der Waals surface area contributed by atoms with Crippen LogP contribution in [0.25, 0.3) is 10.9 Å². The molecule has 0 aliphatic carbocycles. The lowest BCUT2D eigenvalue weighted by Gasteiger charge is -2.14. The number of carbonyl (C=O) groups is 1. The van der Waals surface area contributed by atoms with Gasteiger partial charge in [0.05, 0.1) is 0 Å². The molecule has 1 heterocycles. The van der Waals surface area contributed by atoms with Crippen LogP contribution in [-0.2, 0) is 4.79 Å². The number of ether oxygens (including phenoxy) is 1. The first-order valence-corrected chi connectivity index (χ1v) is 6.82. The summed E-state index contributed by atoms with van der Waals surface area (Å²) in [5.74, 6) is 0.508. The van der Waals surface area contributed by atoms with Crippen LogP contribution in [0, 0.1) is 0 Å². The van der Waals surface area contributed by atoms with Crippen molar-refractivity contribution in [1.82, 2.24) is 4.98 Å². The minimum Gasteiger partial charge on any atom is -0.481 e. The predicted octanol–water partition coefficient (Wildman–Crippen LogP) is 3.57. The zero-order valence-corrected chi connectivity index (χ0v) is 11.7. The number of rotatable bonds is 4. The van der Waals surface area contributed by atoms with Crippen molar-refractivity contribution in [1.29, 1.82) is 0 Å². The Morgan fingerprint density at radius 2 is 1.95 bits per heavy atom. The van der Waals surface area contributed by atoms with Gasteiger partial charge in [0.25, 0.3) is 5.91 Å². The Bertz CT molecular complexity index is 750. The highest BCUT2D eigenvalue weighted by Gasteiger charge is 2.15. The molecule has 1 unspecified atom stereocenters. The monoisotopic (exact) mass is 280 g/mol. The van der Waals surface area contributed by atoms with E-state index in [0.29, 0.717) is 5.75 Å². The molecule has 1 amide bonds. The predicted molar refractivity (Wildman–Crippen MR) is 83.5 cm³/mol. The van der Waals surface area contributed by atoms with Gasteiger partial charge in [0.1, 0.15) is 5.75 Å². The van der Waals surface area contributed by atoms with Gasteiger partial charge in [-0.3, -0.25) is 4.79 Å². The van der Waals surface area contributed by atoms with Crippen LogP contribution in [0.3, 0.4) is 0 Å². The third-order valence-electron chi connectivity index (χ3n) is 3.25. The molecule has 4 nitrogen and oxygen atoms in total. The molecule has 2 aromatic carbocycles. The van der Waals surface area contributed by atoms with Crippen LogP contribution >= 0.6 is 0 Å². The Kier molecular flexibility index (Phi) is 3.60. The van der Waals surface area contributed by atoms with Crippen molar-refractivity contribution in [2.75, 3.05) is 5.32 Å². The van der Waals surface area contributed by atoms with E-state index in [2.05, 4.69) is 10.3 Å². The molecule has 0 aliphatic rings. The molecule has 0 spiro atoms. The average molecular weight is 280 g/mol. The fourth-order valence-corrected chi connectivity index (χ4v) is 2.13. The number of aromatic amines is 1. The third-order valence-corrected chi connectivity index (χ3v) is 3.25. The summed E-state index contributed by atoms with van der Waals surface area (Å²) >= 11 is 0. The van der Waals surface area contributed by atoms with Gasteiger partial charge in [0.15, 0.2) is 6.10 Å². The maximum atomic E-state index is 12.1. The van der Waals surface area contributed by atoms with Crippen LogP contribution in [0.1, 0.15) is 6.92 Å². The SMILES string of the molecule is CC(Oc1ccc2[nH]ccc2c1)C(=O)Nc1ccccc1. The van der Waals surface area contributed by atoms with E-state index < -0.39 is 6.10 Å². The van der Waals surface area contributed by atoms with Gasteiger partial charge < -0.3 is 15.0 Å². The molecule has 2 N–H and O–H groups in total. The largest absolute Gasteiger partial charge is 0.481 e. The van der Waals surface area contributed by atoms with Crippen molar-refractivity contribution >= 4 is 22.5 Å². The number of amides is 1. The topological polar surface area (TPSA) is 54.1 Å². The van der Waals surface area contributed by atoms with Crippen LogP contribution < -0.4 is 10.1 Å². The second-order valence-corrected chi connectivity index (χ2v) is 4.84. The zero-order valence-electron chi connectivity index (χ0n) is 11.7. The number of carbonyl (C=O) groups excluding carboxylic acids is 1. The third kappa shape index (κ3) is 3.05. The minimum absolute atomic E-state index is 0.171. The summed E-state index contributed by atoms with van der Waals surface area (Å²) in [6.45, 7) is 1.74. The molecule has 106 valence electrons. The van der Waals surface area contributed by atoms with Crippen LogP contribution in [0.5, 0.6) is 5.75 Å². The van der Waals surface area contributed by atoms with Gasteiger partial charge in [0.2, 0.25) is 0 Å². The van der Waals surface area contributed by atoms with E-state index in [-0.39, 0.29) is 5.91 Å². The lowest BCUT2D eigenvalue weighted by Crippen LogP contribution is -2.30. The number of anilines is 1. The summed E-state index contributed by atoms with van der Waals surface area (Å²) in [5, 5.41) is 3.88. The number of hydrogen-bond donors (Lipinski definition) is 2. The lowest BCUT2D eigenvalue weighted by molar-refractivity contribution is -0.122. The molecule has 1 aromatic heterocycles. The van der Waals surface area contributed by atoms with Crippen molar-refractivity contribution in [2.24, 2.45) is 0 Å². The van der Waals surface area contributed by atoms with E-state index >= 15 is 0 Å². The molecule has 3 rings (SSSR count). The van der Waals surface area contributed by atoms with Crippen molar-refractivity contribution < 1.29 is 9.53 Å². The van der Waals surface area contributed by atoms with E-state index in [9.17, 15) is 4.79 Å². The number of fused-ring (bicyclic) bond motifs is 1. The summed E-state index contributed by atoms with van der Waals surface area (Å²) in [7, 11) is 0. The van der Waals surface area contributed by atoms with E-state index in [1.54, 1.807) is 6.92 Å². The van der Waals surface area contributed by atoms with Gasteiger partial charge in [0, 0.05) is 22.8 Å². The summed E-state index contributed by atoms with van der Waals surface area (Å²) in [4.78, 5) is 15.2. The van der Waals surface area contributed by atoms with E-state index in [0.717, 1.165) is 16.6 Å². The van der Waals surface area contributed by atoms with Crippen molar-refractivity contribution in [3.05, 3.63) is 60.8 Å². The second kappa shape index (κ2) is 5.71. The lowest BCUT2D eigenvalue weighted by atomic mass is 10.2. The molecule has 4 heteroatoms. The fraction of sp³-hybridized carbons (Fsp3) is 0.118. The maximum Gasteiger partial charge on any atom is 0.265 e. The summed E-state index contributed by atoms with van der Waals surface area (Å²) in [6, 6.07) is 17.0. The Morgan fingerprint density at radius 3 is 2.76 bits per heavy atom. The Morgan fingerprint density at radius 1 is 1.14 bits per heavy atom. The number of nitrogens with one attached hydrogen (secondary N) is 2. The fourth-order valence-electron chi connectivity index (χ4n) is 2.13. The van der Waals surface area contributed by atoms with Gasteiger partial charge in [-0.1, -0.05) is 18.2 Å². The Balaban J connectivity index is 1.67. The van der Waals surface area contributed by atoms with Crippen molar-refractivity contribution in [3.63, 3.8) is 0 Å². The molecule has 0 fully saturated rings. The van der Waals surface area contributed by atoms with Crippen LogP contribution in [0.2, 0.25) is 0 Å². The zero-order chi connectivity index (χ0) is 14.7. The molecule has 3 aromatic rings. The molecule has 1 atom stereocenters. The molecular weight excluding hydrogens is 264 g/mol. The van der Waals surface area contributed by atoms with Crippen LogP contribution in [0.15, 0.2) is 60.8 Å². The molecule has 0 bridgehead atoms. The smallest absolute Gasteiger partial charge is 0.265 e. The van der Waals surface area contributed by atoms with E-state index in [4.69, 9.17) is 4.74 Å². The van der Waals surface area contributed by atoms with E-state index in [1.807, 2.05) is 60.8 Å². The first kappa shape index (κ1) is 13.2. The van der Waals surface area contributed by atoms with Gasteiger partial charge >= 0.3 is 0 Å². The minimum atomic E-state index is -0.568. The second-order valence-electron chi connectivity index (χ2n) is 4.84. The average Bonchev–Trinajstić information content (AvgIpc) is 2.95. The standard InChI is InChI=1S/C17H16N2O2/c1-12(17(20)19-14-5-3-2-4-6-14)21-15-7-8-16-13(11-15)9-10-18-16/h2-12,18H,1H3,(H,19,20). The molecule has 21 heavy (non-hydrogen) atoms. The molecule has 0 saturated carbocycles. The van der Waals surface area contributed by atoms with Gasteiger partial charge in [-0.25, -0.2) is 0 Å². The number of para-hydroxylation sites is 1. The number of hydrogen-bond acceptors (Lipinski definition) is 2. The molecule has 0 saturated heterocycles. The number of H-pyrrole nitrogens is 1. The normalized spacial score (nSPS) is 12.0. The van der Waals surface area contributed by atoms with Crippen molar-refractivity contribution in [2.45, 2.75) is 13.0 Å². The molecular formula is C17H16N2O2. The van der Waals surface area contributed by atoms with Gasteiger partial charge in [-0.2, -0.15) is 0 Å². The highest BCUT2D eigenvalue weighted by molar-refractivity contribution is 5.94. The van der Waals surface area contributed by atoms with Gasteiger partial charge in [-0.05, 0) is 43.3 Å². The first-order valence-electron chi connectivity index (χ1n) is 6.82. The summed E-state index contributed by atoms with van der Waals surface area (Å²) in [5.41, 5.74) is 1.81. The number of aromatic nitrogens is 1. The summed E-state index contributed by atoms with van der Waals surface area (Å²) in [6.07, 6.45) is 1.31. The Labute approximate surface area is 122 Å². The first-order chi connectivity index (χ1) is 10.2. The Hall–Kier alpha value is -2.75. The van der Waals surface area contributed by atoms with E-state index in [1.165, 1.54) is 0 Å². The van der Waals surface area contributed by atoms with Crippen molar-refractivity contribution in [3.8, 4) is 5.75 Å².